The third kappa shape index (κ3) is 1.91. The third-order valence-electron chi connectivity index (χ3n) is 3.72. The lowest BCUT2D eigenvalue weighted by Gasteiger charge is -2.23. The number of nitrogens with one attached hydrogen (secondary N) is 1. The minimum absolute atomic E-state index is 0.109. The van der Waals surface area contributed by atoms with Crippen LogP contribution in [0, 0.1) is 0 Å². The van der Waals surface area contributed by atoms with Crippen molar-refractivity contribution in [1.29, 1.82) is 0 Å². The van der Waals surface area contributed by atoms with E-state index in [1.165, 1.54) is 0 Å². The zero-order valence-electron chi connectivity index (χ0n) is 10.6. The molecule has 3 aliphatic heterocycles. The molecule has 0 spiro atoms. The van der Waals surface area contributed by atoms with E-state index in [4.69, 9.17) is 9.47 Å². The number of carbonyl (C=O) groups excluding carboxylic acids is 1. The average molecular weight is 240 g/mol. The average Bonchev–Trinajstić information content (AvgIpc) is 2.71. The molecule has 5 nitrogen and oxygen atoms in total. The van der Waals surface area contributed by atoms with Gasteiger partial charge in [-0.1, -0.05) is 0 Å². The van der Waals surface area contributed by atoms with Crippen molar-refractivity contribution in [3.8, 4) is 0 Å². The van der Waals surface area contributed by atoms with Crippen LogP contribution in [-0.4, -0.2) is 54.0 Å². The molecule has 96 valence electrons. The Morgan fingerprint density at radius 1 is 1.41 bits per heavy atom. The summed E-state index contributed by atoms with van der Waals surface area (Å²) in [5, 5.41) is 2.97. The van der Waals surface area contributed by atoms with E-state index in [-0.39, 0.29) is 18.2 Å². The number of alkyl carbamates (subject to hydrolysis) is 1. The molecule has 3 heterocycles. The Bertz CT molecular complexity index is 325. The standard InChI is InChI=1S/C12H20N2O3/c1-12(2,3)17-11(15)13-9-8-6-14-5-4-7(16-8)10(9)14/h7-10H,4-6H2,1-3H3,(H,13,15)/t7-,8+,9-,10+/m0/s1. The van der Waals surface area contributed by atoms with E-state index < -0.39 is 5.60 Å². The maximum atomic E-state index is 11.8. The van der Waals surface area contributed by atoms with E-state index in [1.54, 1.807) is 0 Å². The number of carbonyl (C=O) groups is 1. The van der Waals surface area contributed by atoms with Gasteiger partial charge in [0.05, 0.1) is 24.3 Å². The van der Waals surface area contributed by atoms with E-state index in [2.05, 4.69) is 10.2 Å². The van der Waals surface area contributed by atoms with Gasteiger partial charge in [-0.15, -0.1) is 0 Å². The Morgan fingerprint density at radius 3 is 2.82 bits per heavy atom. The summed E-state index contributed by atoms with van der Waals surface area (Å²) in [4.78, 5) is 14.2. The number of hydrogen-bond acceptors (Lipinski definition) is 4. The molecule has 0 aromatic heterocycles. The maximum Gasteiger partial charge on any atom is 0.408 e. The van der Waals surface area contributed by atoms with E-state index in [1.807, 2.05) is 20.8 Å². The highest BCUT2D eigenvalue weighted by atomic mass is 16.6. The summed E-state index contributed by atoms with van der Waals surface area (Å²) in [6.07, 6.45) is 1.23. The van der Waals surface area contributed by atoms with Crippen molar-refractivity contribution in [3.05, 3.63) is 0 Å². The first-order valence-corrected chi connectivity index (χ1v) is 6.33. The summed E-state index contributed by atoms with van der Waals surface area (Å²) in [6, 6.07) is 0.477. The van der Waals surface area contributed by atoms with Crippen LogP contribution in [0.3, 0.4) is 0 Å². The lowest BCUT2D eigenvalue weighted by Crippen LogP contribution is -2.46. The van der Waals surface area contributed by atoms with Crippen molar-refractivity contribution < 1.29 is 14.3 Å². The monoisotopic (exact) mass is 240 g/mol. The largest absolute Gasteiger partial charge is 0.444 e. The van der Waals surface area contributed by atoms with Crippen LogP contribution in [0.25, 0.3) is 0 Å². The first-order valence-electron chi connectivity index (χ1n) is 6.33. The molecule has 4 atom stereocenters. The zero-order chi connectivity index (χ0) is 12.2. The SMILES string of the molecule is CC(C)(C)OC(=O)N[C@@H]1[C@H]2[C@@H]3CCN2C[C@H]1O3. The predicted molar refractivity (Wildman–Crippen MR) is 61.8 cm³/mol. The van der Waals surface area contributed by atoms with Crippen LogP contribution >= 0.6 is 0 Å². The maximum absolute atomic E-state index is 11.8. The molecule has 2 bridgehead atoms. The van der Waals surface area contributed by atoms with Gasteiger partial charge in [0.2, 0.25) is 0 Å². The molecule has 5 heteroatoms. The van der Waals surface area contributed by atoms with E-state index in [0.29, 0.717) is 12.1 Å². The zero-order valence-corrected chi connectivity index (χ0v) is 10.6. The van der Waals surface area contributed by atoms with E-state index in [9.17, 15) is 4.79 Å². The fourth-order valence-electron chi connectivity index (χ4n) is 3.21. The third-order valence-corrected chi connectivity index (χ3v) is 3.72. The summed E-state index contributed by atoms with van der Waals surface area (Å²) in [7, 11) is 0. The molecular weight excluding hydrogens is 220 g/mol. The summed E-state index contributed by atoms with van der Waals surface area (Å²) < 4.78 is 11.2. The normalized spacial score (nSPS) is 39.7. The van der Waals surface area contributed by atoms with Gasteiger partial charge in [0.25, 0.3) is 0 Å². The number of fused-ring (bicyclic) bond motifs is 1. The molecule has 0 aromatic carbocycles. The fraction of sp³-hybridized carbons (Fsp3) is 0.917. The first kappa shape index (κ1) is 11.3. The summed E-state index contributed by atoms with van der Waals surface area (Å²) in [5.74, 6) is 0. The van der Waals surface area contributed by atoms with Crippen LogP contribution < -0.4 is 5.32 Å². The molecular formula is C12H20N2O3. The van der Waals surface area contributed by atoms with Crippen LogP contribution in [-0.2, 0) is 9.47 Å². The lowest BCUT2D eigenvalue weighted by molar-refractivity contribution is 0.00733. The highest BCUT2D eigenvalue weighted by Gasteiger charge is 2.57. The van der Waals surface area contributed by atoms with Gasteiger partial charge < -0.3 is 14.8 Å². The van der Waals surface area contributed by atoms with Crippen LogP contribution in [0.4, 0.5) is 4.79 Å². The molecule has 3 rings (SSSR count). The van der Waals surface area contributed by atoms with Gasteiger partial charge in [0.1, 0.15) is 5.60 Å². The summed E-state index contributed by atoms with van der Waals surface area (Å²) in [6.45, 7) is 7.67. The molecule has 0 aromatic rings. The molecule has 0 radical (unpaired) electrons. The highest BCUT2D eigenvalue weighted by molar-refractivity contribution is 5.68. The van der Waals surface area contributed by atoms with Crippen molar-refractivity contribution in [2.45, 2.75) is 57.1 Å². The molecule has 3 saturated heterocycles. The molecule has 0 unspecified atom stereocenters. The highest BCUT2D eigenvalue weighted by Crippen LogP contribution is 2.39. The van der Waals surface area contributed by atoms with Gasteiger partial charge in [-0.3, -0.25) is 4.90 Å². The molecule has 1 amide bonds. The van der Waals surface area contributed by atoms with Crippen LogP contribution in [0.2, 0.25) is 0 Å². The van der Waals surface area contributed by atoms with Crippen LogP contribution in [0.1, 0.15) is 27.2 Å². The number of hydrogen-bond donors (Lipinski definition) is 1. The van der Waals surface area contributed by atoms with Crippen molar-refractivity contribution in [2.75, 3.05) is 13.1 Å². The number of morpholine rings is 1. The van der Waals surface area contributed by atoms with Gasteiger partial charge >= 0.3 is 6.09 Å². The number of amides is 1. The molecule has 3 aliphatic rings. The Labute approximate surface area is 101 Å². The summed E-state index contributed by atoms with van der Waals surface area (Å²) in [5.41, 5.74) is -0.443. The predicted octanol–water partition coefficient (Wildman–Crippen LogP) is 0.735. The van der Waals surface area contributed by atoms with Gasteiger partial charge in [-0.25, -0.2) is 4.79 Å². The Morgan fingerprint density at radius 2 is 2.18 bits per heavy atom. The quantitative estimate of drug-likeness (QED) is 0.734. The summed E-state index contributed by atoms with van der Waals surface area (Å²) >= 11 is 0. The molecule has 1 N–H and O–H groups in total. The van der Waals surface area contributed by atoms with Gasteiger partial charge in [-0.05, 0) is 27.2 Å². The lowest BCUT2D eigenvalue weighted by atomic mass is 10.1. The molecule has 3 fully saturated rings. The van der Waals surface area contributed by atoms with Crippen molar-refractivity contribution in [1.82, 2.24) is 10.2 Å². The molecule has 0 saturated carbocycles. The van der Waals surface area contributed by atoms with E-state index in [0.717, 1.165) is 19.5 Å². The van der Waals surface area contributed by atoms with Crippen LogP contribution in [0.15, 0.2) is 0 Å². The topological polar surface area (TPSA) is 50.8 Å². The first-order chi connectivity index (χ1) is 7.94. The van der Waals surface area contributed by atoms with Gasteiger partial charge in [0, 0.05) is 13.1 Å². The number of nitrogens with zero attached hydrogens (tertiary/aromatic N) is 1. The Kier molecular flexibility index (Phi) is 2.38. The van der Waals surface area contributed by atoms with Gasteiger partial charge in [0.15, 0.2) is 0 Å². The minimum Gasteiger partial charge on any atom is -0.444 e. The Hall–Kier alpha value is -0.810. The minimum atomic E-state index is -0.443. The van der Waals surface area contributed by atoms with Crippen molar-refractivity contribution >= 4 is 6.09 Å². The molecule has 0 aliphatic carbocycles. The van der Waals surface area contributed by atoms with Crippen LogP contribution in [0.5, 0.6) is 0 Å². The smallest absolute Gasteiger partial charge is 0.408 e. The second kappa shape index (κ2) is 3.59. The van der Waals surface area contributed by atoms with E-state index >= 15 is 0 Å². The van der Waals surface area contributed by atoms with Crippen molar-refractivity contribution in [2.24, 2.45) is 0 Å². The fourth-order valence-corrected chi connectivity index (χ4v) is 3.21. The second-order valence-electron chi connectivity index (χ2n) is 6.16. The Balaban J connectivity index is 1.62. The van der Waals surface area contributed by atoms with Crippen molar-refractivity contribution in [3.63, 3.8) is 0 Å². The number of ether oxygens (including phenoxy) is 2. The molecule has 17 heavy (non-hydrogen) atoms. The second-order valence-corrected chi connectivity index (χ2v) is 6.16. The number of rotatable bonds is 1. The van der Waals surface area contributed by atoms with Gasteiger partial charge in [-0.2, -0.15) is 0 Å².